The maximum atomic E-state index is 12.7. The molecule has 0 spiro atoms. The van der Waals surface area contributed by atoms with Crippen LogP contribution in [0.2, 0.25) is 0 Å². The first-order valence-electron chi connectivity index (χ1n) is 10.4. The molecule has 1 aliphatic rings. The van der Waals surface area contributed by atoms with Gasteiger partial charge in [-0.15, -0.1) is 0 Å². The normalized spacial score (nSPS) is 16.8. The van der Waals surface area contributed by atoms with Crippen LogP contribution in [-0.4, -0.2) is 47.3 Å². The largest absolute Gasteiger partial charge is 0.439 e. The molecule has 1 aliphatic heterocycles. The van der Waals surface area contributed by atoms with Gasteiger partial charge in [-0.3, -0.25) is 9.59 Å². The van der Waals surface area contributed by atoms with Crippen molar-refractivity contribution in [3.05, 3.63) is 59.6 Å². The van der Waals surface area contributed by atoms with Gasteiger partial charge in [-0.25, -0.2) is 15.0 Å². The van der Waals surface area contributed by atoms with Crippen LogP contribution in [0, 0.1) is 0 Å². The number of anilines is 1. The Morgan fingerprint density at radius 2 is 1.89 bits per heavy atom. The highest BCUT2D eigenvalue weighted by atomic mass is 19.4. The highest BCUT2D eigenvalue weighted by Crippen LogP contribution is 2.28. The van der Waals surface area contributed by atoms with Gasteiger partial charge >= 0.3 is 6.18 Å². The number of aliphatic imine (C=N–C) groups is 1. The molecule has 0 aliphatic carbocycles. The number of hydrogen-bond acceptors (Lipinski definition) is 7. The number of aromatic nitrogens is 2. The molecule has 0 unspecified atom stereocenters. The predicted octanol–water partition coefficient (Wildman–Crippen LogP) is 3.13. The molecular formula is C23H23F3N6O3. The Hall–Kier alpha value is -4.22. The smallest absolute Gasteiger partial charge is 0.412 e. The second kappa shape index (κ2) is 10.4. The Labute approximate surface area is 199 Å². The van der Waals surface area contributed by atoms with Gasteiger partial charge in [0.1, 0.15) is 23.3 Å². The van der Waals surface area contributed by atoms with Crippen LogP contribution in [0.1, 0.15) is 30.3 Å². The summed E-state index contributed by atoms with van der Waals surface area (Å²) in [6.07, 6.45) is -1.27. The molecule has 1 fully saturated rings. The third-order valence-electron chi connectivity index (χ3n) is 5.25. The molecule has 1 aromatic heterocycles. The lowest BCUT2D eigenvalue weighted by molar-refractivity contribution is -0.119. The molecule has 0 saturated carbocycles. The van der Waals surface area contributed by atoms with Gasteiger partial charge in [-0.2, -0.15) is 13.2 Å². The minimum absolute atomic E-state index is 0.0339. The third-order valence-corrected chi connectivity index (χ3v) is 5.25. The number of benzene rings is 1. The number of hydrogen-bond donors (Lipinski definition) is 2. The number of alkyl halides is 3. The summed E-state index contributed by atoms with van der Waals surface area (Å²) < 4.78 is 43.4. The van der Waals surface area contributed by atoms with Gasteiger partial charge in [0, 0.05) is 29.8 Å². The zero-order valence-electron chi connectivity index (χ0n) is 18.7. The van der Waals surface area contributed by atoms with Crippen LogP contribution >= 0.6 is 0 Å². The molecule has 9 nitrogen and oxygen atoms in total. The van der Waals surface area contributed by atoms with Crippen molar-refractivity contribution < 1.29 is 27.5 Å². The van der Waals surface area contributed by atoms with Gasteiger partial charge in [0.05, 0.1) is 0 Å². The minimum atomic E-state index is -4.46. The van der Waals surface area contributed by atoms with Gasteiger partial charge in [-0.05, 0) is 56.8 Å². The predicted molar refractivity (Wildman–Crippen MR) is 124 cm³/mol. The van der Waals surface area contributed by atoms with Crippen molar-refractivity contribution in [2.75, 3.05) is 11.4 Å². The van der Waals surface area contributed by atoms with Crippen molar-refractivity contribution in [3.63, 3.8) is 0 Å². The molecule has 184 valence electrons. The highest BCUT2D eigenvalue weighted by Gasteiger charge is 2.31. The summed E-state index contributed by atoms with van der Waals surface area (Å²) in [5.41, 5.74) is 10.6. The van der Waals surface area contributed by atoms with E-state index in [-0.39, 0.29) is 23.2 Å². The quantitative estimate of drug-likeness (QED) is 0.333. The summed E-state index contributed by atoms with van der Waals surface area (Å²) in [4.78, 5) is 37.6. The molecule has 4 N–H and O–H groups in total. The fourth-order valence-corrected chi connectivity index (χ4v) is 3.38. The van der Waals surface area contributed by atoms with Gasteiger partial charge in [0.15, 0.2) is 5.82 Å². The zero-order valence-corrected chi connectivity index (χ0v) is 18.7. The lowest BCUT2D eigenvalue weighted by atomic mass is 10.2. The summed E-state index contributed by atoms with van der Waals surface area (Å²) in [7, 11) is 0. The van der Waals surface area contributed by atoms with E-state index in [9.17, 15) is 22.8 Å². The molecule has 1 atom stereocenters. The van der Waals surface area contributed by atoms with Crippen LogP contribution in [0.3, 0.4) is 0 Å². The number of rotatable bonds is 8. The molecule has 0 radical (unpaired) electrons. The molecule has 35 heavy (non-hydrogen) atoms. The average Bonchev–Trinajstić information content (AvgIpc) is 3.31. The number of allylic oxidation sites excluding steroid dienone is 3. The number of halogens is 3. The van der Waals surface area contributed by atoms with E-state index in [2.05, 4.69) is 21.7 Å². The number of carbonyl (C=O) groups is 2. The van der Waals surface area contributed by atoms with Gasteiger partial charge in [-0.1, -0.05) is 0 Å². The van der Waals surface area contributed by atoms with Crippen LogP contribution in [0.4, 0.5) is 19.0 Å². The van der Waals surface area contributed by atoms with E-state index in [4.69, 9.17) is 16.2 Å². The van der Waals surface area contributed by atoms with Crippen molar-refractivity contribution in [2.24, 2.45) is 16.5 Å². The SMILES string of the molecule is C=N/C(=C\C=C(/C)C(F)(F)F)Oc1ccc(-c2nc(C(N)=O)cc(N3CCC[C@H]3C(N)=O)n2)cc1. The molecule has 3 rings (SSSR count). The summed E-state index contributed by atoms with van der Waals surface area (Å²) in [6.45, 7) is 4.75. The van der Waals surface area contributed by atoms with Crippen LogP contribution < -0.4 is 21.1 Å². The first-order chi connectivity index (χ1) is 16.5. The molecule has 0 bridgehead atoms. The van der Waals surface area contributed by atoms with E-state index in [0.29, 0.717) is 24.3 Å². The number of primary amides is 2. The van der Waals surface area contributed by atoms with Crippen molar-refractivity contribution in [3.8, 4) is 17.1 Å². The lowest BCUT2D eigenvalue weighted by Gasteiger charge is -2.23. The van der Waals surface area contributed by atoms with Crippen molar-refractivity contribution in [1.29, 1.82) is 0 Å². The van der Waals surface area contributed by atoms with Crippen molar-refractivity contribution >= 4 is 24.3 Å². The fraction of sp³-hybridized carbons (Fsp3) is 0.261. The van der Waals surface area contributed by atoms with E-state index in [0.717, 1.165) is 25.5 Å². The fourth-order valence-electron chi connectivity index (χ4n) is 3.38. The van der Waals surface area contributed by atoms with Crippen LogP contribution in [0.5, 0.6) is 5.75 Å². The first-order valence-corrected chi connectivity index (χ1v) is 10.4. The topological polar surface area (TPSA) is 137 Å². The Morgan fingerprint density at radius 3 is 2.46 bits per heavy atom. The Balaban J connectivity index is 1.88. The van der Waals surface area contributed by atoms with E-state index in [1.54, 1.807) is 17.0 Å². The minimum Gasteiger partial charge on any atom is -0.439 e. The third kappa shape index (κ3) is 6.22. The Kier molecular flexibility index (Phi) is 7.52. The Morgan fingerprint density at radius 1 is 1.20 bits per heavy atom. The van der Waals surface area contributed by atoms with Gasteiger partial charge in [0.25, 0.3) is 5.91 Å². The van der Waals surface area contributed by atoms with Crippen LogP contribution in [0.15, 0.2) is 58.9 Å². The van der Waals surface area contributed by atoms with E-state index in [1.807, 2.05) is 0 Å². The molecule has 1 aromatic carbocycles. The second-order valence-corrected chi connectivity index (χ2v) is 7.69. The van der Waals surface area contributed by atoms with E-state index in [1.165, 1.54) is 18.2 Å². The zero-order chi connectivity index (χ0) is 25.8. The molecule has 2 heterocycles. The van der Waals surface area contributed by atoms with E-state index >= 15 is 0 Å². The lowest BCUT2D eigenvalue weighted by Crippen LogP contribution is -2.41. The molecule has 2 aromatic rings. The molecule has 12 heteroatoms. The number of carbonyl (C=O) groups excluding carboxylic acids is 2. The first kappa shape index (κ1) is 25.4. The van der Waals surface area contributed by atoms with E-state index < -0.39 is 29.6 Å². The molecule has 2 amide bonds. The maximum Gasteiger partial charge on any atom is 0.412 e. The van der Waals surface area contributed by atoms with Crippen LogP contribution in [0.25, 0.3) is 11.4 Å². The van der Waals surface area contributed by atoms with Crippen molar-refractivity contribution in [2.45, 2.75) is 32.0 Å². The second-order valence-electron chi connectivity index (χ2n) is 7.69. The van der Waals surface area contributed by atoms with Crippen LogP contribution in [-0.2, 0) is 4.79 Å². The number of nitrogens with two attached hydrogens (primary N) is 2. The monoisotopic (exact) mass is 488 g/mol. The molecular weight excluding hydrogens is 465 g/mol. The summed E-state index contributed by atoms with van der Waals surface area (Å²) in [5, 5.41) is 0. The summed E-state index contributed by atoms with van der Waals surface area (Å²) in [6, 6.07) is 7.08. The highest BCUT2D eigenvalue weighted by molar-refractivity contribution is 5.92. The number of nitrogens with zero attached hydrogens (tertiary/aromatic N) is 4. The van der Waals surface area contributed by atoms with Gasteiger partial charge < -0.3 is 21.1 Å². The Bertz CT molecular complexity index is 1190. The van der Waals surface area contributed by atoms with Gasteiger partial charge in [0.2, 0.25) is 11.8 Å². The maximum absolute atomic E-state index is 12.7. The van der Waals surface area contributed by atoms with Crippen molar-refractivity contribution in [1.82, 2.24) is 9.97 Å². The standard InChI is InChI=1S/C23H23F3N6O3/c1-13(23(24,25)26)5-10-19(29-2)35-15-8-6-14(7-9-15)22-30-16(20(27)33)12-18(31-22)32-11-3-4-17(32)21(28)34/h5-10,12,17H,2-4,11H2,1H3,(H2,27,33)(H2,28,34)/b13-5+,19-10+/t17-/m0/s1. The number of amides is 2. The summed E-state index contributed by atoms with van der Waals surface area (Å²) >= 11 is 0. The summed E-state index contributed by atoms with van der Waals surface area (Å²) in [5.74, 6) is -0.603. The molecule has 1 saturated heterocycles. The average molecular weight is 488 g/mol. The number of ether oxygens (including phenoxy) is 1.